The van der Waals surface area contributed by atoms with Gasteiger partial charge in [0.2, 0.25) is 0 Å². The van der Waals surface area contributed by atoms with Crippen molar-refractivity contribution in [3.8, 4) is 5.75 Å². The molecule has 0 radical (unpaired) electrons. The largest absolute Gasteiger partial charge is 0.508 e. The highest BCUT2D eigenvalue weighted by atomic mass is 16.3. The number of rotatable bonds is 2. The van der Waals surface area contributed by atoms with Crippen molar-refractivity contribution < 1.29 is 21.5 Å². The predicted octanol–water partition coefficient (Wildman–Crippen LogP) is 1.48. The summed E-state index contributed by atoms with van der Waals surface area (Å²) in [6.07, 6.45) is 0. The van der Waals surface area contributed by atoms with Crippen LogP contribution in [-0.4, -0.2) is 17.0 Å². The zero-order chi connectivity index (χ0) is 18.5. The molecule has 1 fully saturated rings. The number of carbonyl (C=O) groups is 2. The molecular formula is C15H12N2O3. The van der Waals surface area contributed by atoms with Crippen LogP contribution >= 0.6 is 0 Å². The zero-order valence-electron chi connectivity index (χ0n) is 15.1. The minimum Gasteiger partial charge on any atom is -0.508 e. The van der Waals surface area contributed by atoms with Crippen molar-refractivity contribution in [3.63, 3.8) is 0 Å². The SMILES string of the molecule is [2H]c1c([2H])c([2H])c(C2(c3ccc(O)cc3)[15NH]C(=O)[15NH]C2=O)c([2H])c1[2H]. The number of carbonyl (C=O) groups excluding carboxylic acids is 2. The third-order valence-electron chi connectivity index (χ3n) is 3.04. The molecule has 2 aromatic carbocycles. The first-order valence-electron chi connectivity index (χ1n) is 8.20. The van der Waals surface area contributed by atoms with Crippen molar-refractivity contribution in [3.05, 3.63) is 65.6 Å². The second-order valence-electron chi connectivity index (χ2n) is 4.21. The van der Waals surface area contributed by atoms with Crippen LogP contribution in [0.3, 0.4) is 0 Å². The van der Waals surface area contributed by atoms with Crippen molar-refractivity contribution in [1.82, 2.24) is 10.6 Å². The highest BCUT2D eigenvalue weighted by Gasteiger charge is 2.49. The topological polar surface area (TPSA) is 78.4 Å². The maximum Gasteiger partial charge on any atom is 0.322 e. The standard InChI is InChI=1S/C15H12N2O3/c18-12-8-6-11(7-9-12)15(10-4-2-1-3-5-10)13(19)16-14(20)17-15/h1-9,18H,(H2,16,17,19,20)/i1D,2D,3D,4D,5D,16+1,17+1. The van der Waals surface area contributed by atoms with Crippen LogP contribution in [-0.2, 0) is 10.3 Å². The Bertz CT molecular complexity index is 887. The number of hydrogen-bond donors (Lipinski definition) is 3. The normalized spacial score (nSPS) is 24.9. The van der Waals surface area contributed by atoms with Gasteiger partial charge in [-0.2, -0.15) is 0 Å². The van der Waals surface area contributed by atoms with Crippen molar-refractivity contribution in [2.45, 2.75) is 5.54 Å². The minimum absolute atomic E-state index is 0.0929. The lowest BCUT2D eigenvalue weighted by molar-refractivity contribution is -0.122. The van der Waals surface area contributed by atoms with Crippen LogP contribution in [0.4, 0.5) is 4.79 Å². The van der Waals surface area contributed by atoms with E-state index in [1.54, 1.807) is 0 Å². The van der Waals surface area contributed by atoms with E-state index in [-0.39, 0.29) is 16.9 Å². The Morgan fingerprint density at radius 1 is 1.00 bits per heavy atom. The maximum atomic E-state index is 12.6. The van der Waals surface area contributed by atoms with Crippen molar-refractivity contribution >= 4 is 11.9 Å². The summed E-state index contributed by atoms with van der Waals surface area (Å²) in [5.41, 5.74) is -2.22. The summed E-state index contributed by atoms with van der Waals surface area (Å²) in [5.74, 6) is -0.966. The Kier molecular flexibility index (Phi) is 1.68. The fraction of sp³-hybridized carbons (Fsp3) is 0.0667. The van der Waals surface area contributed by atoms with Gasteiger partial charge in [-0.25, -0.2) is 4.79 Å². The number of hydrogen-bond acceptors (Lipinski definition) is 3. The fourth-order valence-corrected chi connectivity index (χ4v) is 2.13. The van der Waals surface area contributed by atoms with Gasteiger partial charge in [-0.3, -0.25) is 10.1 Å². The Morgan fingerprint density at radius 2 is 1.65 bits per heavy atom. The van der Waals surface area contributed by atoms with Gasteiger partial charge < -0.3 is 10.4 Å². The lowest BCUT2D eigenvalue weighted by atomic mass is 9.85. The van der Waals surface area contributed by atoms with Gasteiger partial charge in [0.05, 0.1) is 6.85 Å². The number of urea groups is 1. The van der Waals surface area contributed by atoms with Crippen LogP contribution in [0, 0.1) is 0 Å². The molecule has 0 aliphatic carbocycles. The highest BCUT2D eigenvalue weighted by Crippen LogP contribution is 2.33. The van der Waals surface area contributed by atoms with Crippen LogP contribution in [0.5, 0.6) is 5.75 Å². The van der Waals surface area contributed by atoms with Gasteiger partial charge in [-0.05, 0) is 23.3 Å². The Morgan fingerprint density at radius 3 is 2.20 bits per heavy atom. The molecule has 1 unspecified atom stereocenters. The summed E-state index contributed by atoms with van der Waals surface area (Å²) < 4.78 is 39.5. The molecule has 1 aliphatic rings. The summed E-state index contributed by atoms with van der Waals surface area (Å²) in [6.45, 7) is 0. The van der Waals surface area contributed by atoms with Crippen molar-refractivity contribution in [2.24, 2.45) is 0 Å². The van der Waals surface area contributed by atoms with Crippen LogP contribution in [0.25, 0.3) is 0 Å². The van der Waals surface area contributed by atoms with E-state index >= 15 is 0 Å². The molecule has 0 spiro atoms. The monoisotopic (exact) mass is 275 g/mol. The smallest absolute Gasteiger partial charge is 0.322 e. The average molecular weight is 275 g/mol. The minimum atomic E-state index is -2.00. The van der Waals surface area contributed by atoms with E-state index in [1.807, 2.05) is 5.32 Å². The fourth-order valence-electron chi connectivity index (χ4n) is 2.13. The third kappa shape index (κ3) is 1.72. The van der Waals surface area contributed by atoms with Gasteiger partial charge >= 0.3 is 6.03 Å². The number of nitrogens with one attached hydrogen (secondary N) is 2. The van der Waals surface area contributed by atoms with Gasteiger partial charge in [0.15, 0.2) is 5.54 Å². The molecule has 1 saturated heterocycles. The quantitative estimate of drug-likeness (QED) is 0.573. The number of benzene rings is 2. The molecule has 2 aromatic rings. The molecule has 5 nitrogen and oxygen atoms in total. The predicted molar refractivity (Wildman–Crippen MR) is 72.0 cm³/mol. The van der Waals surface area contributed by atoms with Crippen molar-refractivity contribution in [2.75, 3.05) is 0 Å². The Hall–Kier alpha value is -2.82. The van der Waals surface area contributed by atoms with E-state index in [4.69, 9.17) is 6.85 Å². The zero-order valence-corrected chi connectivity index (χ0v) is 10.1. The number of amides is 3. The molecule has 0 saturated carbocycles. The molecule has 1 atom stereocenters. The summed E-state index contributed by atoms with van der Waals surface area (Å²) in [4.78, 5) is 24.4. The first kappa shape index (κ1) is 7.69. The lowest BCUT2D eigenvalue weighted by Gasteiger charge is -2.27. The molecule has 0 aromatic heterocycles. The Labute approximate surface area is 122 Å². The third-order valence-corrected chi connectivity index (χ3v) is 3.04. The maximum absolute atomic E-state index is 12.6. The first-order valence-corrected chi connectivity index (χ1v) is 5.70. The molecule has 3 amide bonds. The molecular weight excluding hydrogens is 258 g/mol. The molecule has 3 N–H and O–H groups in total. The number of phenols is 1. The molecule has 0 bridgehead atoms. The van der Waals surface area contributed by atoms with E-state index in [2.05, 4.69) is 5.32 Å². The summed E-state index contributed by atoms with van der Waals surface area (Å²) in [6, 6.07) is 1.30. The highest BCUT2D eigenvalue weighted by molar-refractivity contribution is 6.09. The van der Waals surface area contributed by atoms with Gasteiger partial charge in [-0.1, -0.05) is 42.3 Å². The number of imide groups is 1. The summed E-state index contributed by atoms with van der Waals surface area (Å²) in [5, 5.41) is 13.9. The second-order valence-corrected chi connectivity index (χ2v) is 4.21. The van der Waals surface area contributed by atoms with Gasteiger partial charge in [-0.15, -0.1) is 0 Å². The van der Waals surface area contributed by atoms with E-state index in [1.165, 1.54) is 24.3 Å². The van der Waals surface area contributed by atoms with Crippen LogP contribution in [0.1, 0.15) is 18.0 Å². The van der Waals surface area contributed by atoms with Crippen LogP contribution in [0.2, 0.25) is 0 Å². The molecule has 20 heavy (non-hydrogen) atoms. The van der Waals surface area contributed by atoms with Crippen molar-refractivity contribution in [1.29, 1.82) is 0 Å². The van der Waals surface area contributed by atoms with Crippen LogP contribution < -0.4 is 10.6 Å². The van der Waals surface area contributed by atoms with Gasteiger partial charge in [0, 0.05) is 0 Å². The van der Waals surface area contributed by atoms with E-state index < -0.39 is 47.7 Å². The number of phenolic OH excluding ortho intramolecular Hbond substituents is 1. The van der Waals surface area contributed by atoms with E-state index in [0.717, 1.165) is 0 Å². The molecule has 1 aliphatic heterocycles. The number of aromatic hydroxyl groups is 1. The lowest BCUT2D eigenvalue weighted by Crippen LogP contribution is -2.44. The van der Waals surface area contributed by atoms with Gasteiger partial charge in [0.25, 0.3) is 5.91 Å². The molecule has 3 rings (SSSR count). The second kappa shape index (κ2) is 4.38. The van der Waals surface area contributed by atoms with E-state index in [0.29, 0.717) is 0 Å². The average Bonchev–Trinajstić information content (AvgIpc) is 2.87. The Balaban J connectivity index is 2.41. The summed E-state index contributed by atoms with van der Waals surface area (Å²) >= 11 is 0. The molecule has 5 heteroatoms. The molecule has 100 valence electrons. The molecule has 1 heterocycles. The summed E-state index contributed by atoms with van der Waals surface area (Å²) in [7, 11) is 0. The van der Waals surface area contributed by atoms with Crippen LogP contribution in [0.15, 0.2) is 54.5 Å². The van der Waals surface area contributed by atoms with E-state index in [9.17, 15) is 14.7 Å². The van der Waals surface area contributed by atoms with Gasteiger partial charge in [0.1, 0.15) is 5.75 Å². The first-order chi connectivity index (χ1) is 11.7.